The molecular formula is C25H22BrFN6O3. The first kappa shape index (κ1) is 25.3. The van der Waals surface area contributed by atoms with E-state index in [2.05, 4.69) is 42.8 Å². The fourth-order valence-corrected chi connectivity index (χ4v) is 5.26. The maximum atomic E-state index is 14.2. The molecule has 1 atom stereocenters. The zero-order chi connectivity index (χ0) is 25.9. The summed E-state index contributed by atoms with van der Waals surface area (Å²) in [5.41, 5.74) is 1.84. The molecule has 184 valence electrons. The van der Waals surface area contributed by atoms with Crippen LogP contribution in [0.15, 0.2) is 46.1 Å². The summed E-state index contributed by atoms with van der Waals surface area (Å²) in [5.74, 6) is -0.865. The second-order valence-electron chi connectivity index (χ2n) is 9.07. The monoisotopic (exact) mass is 552 g/mol. The van der Waals surface area contributed by atoms with Crippen LogP contribution in [0.1, 0.15) is 60.6 Å². The Bertz CT molecular complexity index is 1310. The van der Waals surface area contributed by atoms with Crippen LogP contribution in [-0.2, 0) is 4.74 Å². The molecule has 1 aromatic carbocycles. The number of carbonyl (C=O) groups excluding carboxylic acids is 2. The van der Waals surface area contributed by atoms with Crippen LogP contribution >= 0.6 is 15.9 Å². The van der Waals surface area contributed by atoms with Crippen molar-refractivity contribution >= 4 is 33.6 Å². The minimum Gasteiger partial charge on any atom is -0.435 e. The Labute approximate surface area is 215 Å². The minimum absolute atomic E-state index is 0.178. The highest BCUT2D eigenvalue weighted by atomic mass is 79.9. The number of hydrazone groups is 1. The summed E-state index contributed by atoms with van der Waals surface area (Å²) in [6.07, 6.45) is 2.40. The lowest BCUT2D eigenvalue weighted by molar-refractivity contribution is 0.00352. The van der Waals surface area contributed by atoms with Crippen molar-refractivity contribution in [2.75, 3.05) is 0 Å². The Kier molecular flexibility index (Phi) is 7.04. The Balaban J connectivity index is 1.48. The van der Waals surface area contributed by atoms with Crippen LogP contribution in [0.2, 0.25) is 0 Å². The quantitative estimate of drug-likeness (QED) is 0.565. The normalized spacial score (nSPS) is 23.9. The number of hydrogen-bond acceptors (Lipinski definition) is 7. The van der Waals surface area contributed by atoms with Crippen LogP contribution in [0.5, 0.6) is 0 Å². The van der Waals surface area contributed by atoms with Crippen LogP contribution in [-0.4, -0.2) is 34.3 Å². The highest BCUT2D eigenvalue weighted by Gasteiger charge is 2.51. The molecule has 11 heteroatoms. The molecule has 1 fully saturated rings. The van der Waals surface area contributed by atoms with Crippen molar-refractivity contribution in [1.29, 1.82) is 10.5 Å². The smallest absolute Gasteiger partial charge is 0.428 e. The molecule has 36 heavy (non-hydrogen) atoms. The Morgan fingerprint density at radius 2 is 2.03 bits per heavy atom. The van der Waals surface area contributed by atoms with Gasteiger partial charge in [0, 0.05) is 17.8 Å². The van der Waals surface area contributed by atoms with E-state index in [4.69, 9.17) is 10.00 Å². The Hall–Kier alpha value is -3.83. The number of rotatable bonds is 5. The molecule has 1 saturated carbocycles. The molecule has 2 amide bonds. The van der Waals surface area contributed by atoms with Gasteiger partial charge >= 0.3 is 6.09 Å². The molecule has 0 saturated heterocycles. The zero-order valence-corrected chi connectivity index (χ0v) is 20.9. The first-order valence-electron chi connectivity index (χ1n) is 11.3. The van der Waals surface area contributed by atoms with E-state index in [0.29, 0.717) is 48.9 Å². The summed E-state index contributed by atoms with van der Waals surface area (Å²) in [7, 11) is 0. The van der Waals surface area contributed by atoms with E-state index in [-0.39, 0.29) is 16.2 Å². The molecule has 4 rings (SSSR count). The van der Waals surface area contributed by atoms with Gasteiger partial charge in [0.2, 0.25) is 0 Å². The van der Waals surface area contributed by atoms with Gasteiger partial charge in [-0.3, -0.25) is 4.79 Å². The van der Waals surface area contributed by atoms with Gasteiger partial charge in [-0.1, -0.05) is 12.1 Å². The standard InChI is InChI=1S/C25H22BrFN6O3/c1-15(31-22(34)19-6-5-16(12-28)13-30-19)11-24(14-29)7-9-25(10-8-24)21(32-33-23(35)36-25)17-3-2-4-18(27)20(17)26/h2-6,13,15H,7-11H2,1H3,(H,31,34)(H,33,35)/t15-,24?,25?/m0/s1. The number of ether oxygens (including phenoxy) is 1. The third-order valence-corrected chi connectivity index (χ3v) is 7.44. The highest BCUT2D eigenvalue weighted by Crippen LogP contribution is 2.47. The van der Waals surface area contributed by atoms with Gasteiger partial charge in [0.15, 0.2) is 5.60 Å². The molecule has 0 radical (unpaired) electrons. The van der Waals surface area contributed by atoms with Crippen LogP contribution in [0, 0.1) is 33.9 Å². The molecule has 0 bridgehead atoms. The number of amides is 2. The van der Waals surface area contributed by atoms with E-state index in [9.17, 15) is 19.2 Å². The average Bonchev–Trinajstić information content (AvgIpc) is 2.88. The van der Waals surface area contributed by atoms with Crippen molar-refractivity contribution in [3.05, 3.63) is 63.6 Å². The Morgan fingerprint density at radius 3 is 2.67 bits per heavy atom. The number of pyridine rings is 1. The van der Waals surface area contributed by atoms with Gasteiger partial charge in [-0.2, -0.15) is 15.6 Å². The second-order valence-corrected chi connectivity index (χ2v) is 9.87. The predicted octanol–water partition coefficient (Wildman–Crippen LogP) is 4.33. The van der Waals surface area contributed by atoms with Crippen LogP contribution < -0.4 is 10.7 Å². The fraction of sp³-hybridized carbons (Fsp3) is 0.360. The maximum absolute atomic E-state index is 14.2. The van der Waals surface area contributed by atoms with E-state index in [1.54, 1.807) is 12.1 Å². The second kappa shape index (κ2) is 10.0. The number of aromatic nitrogens is 1. The molecule has 1 aliphatic heterocycles. The number of nitrogens with one attached hydrogen (secondary N) is 2. The molecule has 2 aliphatic rings. The zero-order valence-electron chi connectivity index (χ0n) is 19.3. The number of nitriles is 2. The first-order chi connectivity index (χ1) is 17.2. The fourth-order valence-electron chi connectivity index (χ4n) is 4.81. The van der Waals surface area contributed by atoms with E-state index in [1.807, 2.05) is 13.0 Å². The van der Waals surface area contributed by atoms with Crippen molar-refractivity contribution < 1.29 is 18.7 Å². The van der Waals surface area contributed by atoms with E-state index in [1.165, 1.54) is 24.4 Å². The number of benzene rings is 1. The summed E-state index contributed by atoms with van der Waals surface area (Å²) < 4.78 is 20.2. The van der Waals surface area contributed by atoms with E-state index < -0.39 is 28.8 Å². The lowest BCUT2D eigenvalue weighted by Crippen LogP contribution is -2.54. The largest absolute Gasteiger partial charge is 0.435 e. The lowest BCUT2D eigenvalue weighted by atomic mass is 9.65. The van der Waals surface area contributed by atoms with Gasteiger partial charge in [0.1, 0.15) is 23.3 Å². The van der Waals surface area contributed by atoms with E-state index >= 15 is 0 Å². The number of carbonyl (C=O) groups is 2. The van der Waals surface area contributed by atoms with Gasteiger partial charge in [-0.15, -0.1) is 0 Å². The topological polar surface area (TPSA) is 140 Å². The molecular weight excluding hydrogens is 531 g/mol. The summed E-state index contributed by atoms with van der Waals surface area (Å²) >= 11 is 3.26. The first-order valence-corrected chi connectivity index (χ1v) is 12.1. The van der Waals surface area contributed by atoms with Gasteiger partial charge in [0.25, 0.3) is 5.91 Å². The molecule has 2 N–H and O–H groups in total. The minimum atomic E-state index is -1.10. The molecule has 2 heterocycles. The van der Waals surface area contributed by atoms with Crippen LogP contribution in [0.4, 0.5) is 9.18 Å². The summed E-state index contributed by atoms with van der Waals surface area (Å²) in [5, 5.41) is 26.0. The van der Waals surface area contributed by atoms with Crippen LogP contribution in [0.3, 0.4) is 0 Å². The van der Waals surface area contributed by atoms with Gasteiger partial charge in [-0.25, -0.2) is 19.6 Å². The molecule has 0 unspecified atom stereocenters. The van der Waals surface area contributed by atoms with Crippen molar-refractivity contribution in [3.63, 3.8) is 0 Å². The molecule has 1 aliphatic carbocycles. The molecule has 9 nitrogen and oxygen atoms in total. The van der Waals surface area contributed by atoms with Gasteiger partial charge in [0.05, 0.1) is 21.5 Å². The SMILES string of the molecule is C[C@@H](CC1(C#N)CCC2(CC1)OC(=O)NN=C2c1cccc(F)c1Br)NC(=O)c1ccc(C#N)cn1. The Morgan fingerprint density at radius 1 is 1.28 bits per heavy atom. The number of nitrogens with zero attached hydrogens (tertiary/aromatic N) is 4. The lowest BCUT2D eigenvalue weighted by Gasteiger charge is -2.45. The van der Waals surface area contributed by atoms with E-state index in [0.717, 1.165) is 0 Å². The summed E-state index contributed by atoms with van der Waals surface area (Å²) in [4.78, 5) is 28.7. The third-order valence-electron chi connectivity index (χ3n) is 6.64. The summed E-state index contributed by atoms with van der Waals surface area (Å²) in [6, 6.07) is 11.6. The van der Waals surface area contributed by atoms with Gasteiger partial charge in [-0.05, 0) is 73.2 Å². The van der Waals surface area contributed by atoms with Crippen molar-refractivity contribution in [2.45, 2.75) is 50.7 Å². The molecule has 1 aromatic heterocycles. The van der Waals surface area contributed by atoms with Crippen molar-refractivity contribution in [3.8, 4) is 12.1 Å². The maximum Gasteiger partial charge on any atom is 0.428 e. The third kappa shape index (κ3) is 4.93. The van der Waals surface area contributed by atoms with Crippen molar-refractivity contribution in [1.82, 2.24) is 15.7 Å². The highest BCUT2D eigenvalue weighted by molar-refractivity contribution is 9.10. The van der Waals surface area contributed by atoms with Gasteiger partial charge < -0.3 is 10.1 Å². The average molecular weight is 553 g/mol. The summed E-state index contributed by atoms with van der Waals surface area (Å²) in [6.45, 7) is 1.81. The number of halogens is 2. The number of hydrogen-bond donors (Lipinski definition) is 2. The molecule has 2 aromatic rings. The van der Waals surface area contributed by atoms with Crippen LogP contribution in [0.25, 0.3) is 0 Å². The predicted molar refractivity (Wildman–Crippen MR) is 130 cm³/mol. The van der Waals surface area contributed by atoms with Crippen molar-refractivity contribution in [2.24, 2.45) is 10.5 Å². The molecule has 1 spiro atoms.